The smallest absolute Gasteiger partial charge is 0.246 e. The maximum Gasteiger partial charge on any atom is 0.246 e. The molecule has 1 aromatic heterocycles. The summed E-state index contributed by atoms with van der Waals surface area (Å²) in [6, 6.07) is 0. The number of amides is 3. The molecule has 7 heteroatoms. The van der Waals surface area contributed by atoms with Crippen LogP contribution in [0.2, 0.25) is 0 Å². The number of thiazole rings is 1. The molecule has 0 unspecified atom stereocenters. The second-order valence-electron chi connectivity index (χ2n) is 5.66. The number of hydrogen-bond donors (Lipinski definition) is 1. The Morgan fingerprint density at radius 3 is 2.76 bits per heavy atom. The highest BCUT2D eigenvalue weighted by atomic mass is 32.1. The minimum Gasteiger partial charge on any atom is -0.300 e. The Labute approximate surface area is 126 Å². The van der Waals surface area contributed by atoms with Gasteiger partial charge in [-0.2, -0.15) is 0 Å². The first-order chi connectivity index (χ1) is 10.0. The van der Waals surface area contributed by atoms with Gasteiger partial charge in [-0.3, -0.25) is 19.3 Å². The van der Waals surface area contributed by atoms with Crippen molar-refractivity contribution in [3.63, 3.8) is 0 Å². The first-order valence-electron chi connectivity index (χ1n) is 7.14. The van der Waals surface area contributed by atoms with Crippen molar-refractivity contribution in [2.75, 3.05) is 11.9 Å². The molecule has 21 heavy (non-hydrogen) atoms. The highest BCUT2D eigenvalue weighted by molar-refractivity contribution is 7.15. The van der Waals surface area contributed by atoms with Crippen LogP contribution in [0.1, 0.15) is 36.8 Å². The van der Waals surface area contributed by atoms with Crippen molar-refractivity contribution in [2.45, 2.75) is 39.0 Å². The lowest BCUT2D eigenvalue weighted by Crippen LogP contribution is -2.36. The van der Waals surface area contributed by atoms with Crippen LogP contribution in [0.5, 0.6) is 0 Å². The molecule has 112 valence electrons. The monoisotopic (exact) mass is 307 g/mol. The van der Waals surface area contributed by atoms with Crippen molar-refractivity contribution >= 4 is 34.2 Å². The number of nitrogens with one attached hydrogen (secondary N) is 1. The van der Waals surface area contributed by atoms with Crippen molar-refractivity contribution in [1.82, 2.24) is 9.88 Å². The largest absolute Gasteiger partial charge is 0.300 e. The molecule has 1 atom stereocenters. The second kappa shape index (κ2) is 5.55. The molecule has 0 saturated carbocycles. The van der Waals surface area contributed by atoms with Gasteiger partial charge in [-0.05, 0) is 25.2 Å². The molecule has 0 bridgehead atoms. The van der Waals surface area contributed by atoms with Crippen LogP contribution >= 0.6 is 11.3 Å². The fourth-order valence-corrected chi connectivity index (χ4v) is 3.88. The summed E-state index contributed by atoms with van der Waals surface area (Å²) in [5.41, 5.74) is 1.07. The summed E-state index contributed by atoms with van der Waals surface area (Å²) >= 11 is 1.50. The number of carbonyl (C=O) groups excluding carboxylic acids is 3. The lowest BCUT2D eigenvalue weighted by atomic mass is 9.93. The fraction of sp³-hybridized carbons (Fsp3) is 0.571. The van der Waals surface area contributed by atoms with E-state index in [9.17, 15) is 14.4 Å². The number of rotatable bonds is 3. The number of fused-ring (bicyclic) bond motifs is 1. The van der Waals surface area contributed by atoms with Crippen LogP contribution in [-0.2, 0) is 27.2 Å². The molecule has 3 rings (SSSR count). The molecule has 1 N–H and O–H groups in total. The van der Waals surface area contributed by atoms with Gasteiger partial charge in [-0.15, -0.1) is 11.3 Å². The molecule has 1 aliphatic heterocycles. The average Bonchev–Trinajstić information content (AvgIpc) is 2.95. The van der Waals surface area contributed by atoms with Gasteiger partial charge in [0.25, 0.3) is 0 Å². The van der Waals surface area contributed by atoms with Crippen LogP contribution in [0.15, 0.2) is 0 Å². The molecular weight excluding hydrogens is 290 g/mol. The third-order valence-corrected chi connectivity index (χ3v) is 4.92. The number of anilines is 1. The summed E-state index contributed by atoms with van der Waals surface area (Å²) in [6.07, 6.45) is 3.49. The molecular formula is C14H17N3O3S. The van der Waals surface area contributed by atoms with Gasteiger partial charge in [-0.1, -0.05) is 6.92 Å². The summed E-state index contributed by atoms with van der Waals surface area (Å²) in [5.74, 6) is -0.260. The van der Waals surface area contributed by atoms with E-state index in [0.717, 1.165) is 29.9 Å². The summed E-state index contributed by atoms with van der Waals surface area (Å²) in [5, 5.41) is 3.27. The number of aromatic nitrogens is 1. The molecule has 2 aliphatic rings. The Morgan fingerprint density at radius 2 is 2.05 bits per heavy atom. The standard InChI is InChI=1S/C14H17N3O3S/c1-8-2-3-9-10(6-8)21-14(15-9)16-11(18)7-17-12(19)4-5-13(17)20/h8H,2-7H2,1H3,(H,15,16,18)/t8-/m1/s1. The van der Waals surface area contributed by atoms with Crippen LogP contribution in [0.3, 0.4) is 0 Å². The number of aryl methyl sites for hydroxylation is 1. The summed E-state index contributed by atoms with van der Waals surface area (Å²) in [4.78, 5) is 41.6. The zero-order valence-corrected chi connectivity index (χ0v) is 12.7. The lowest BCUT2D eigenvalue weighted by Gasteiger charge is -2.15. The fourth-order valence-electron chi connectivity index (χ4n) is 2.69. The zero-order valence-electron chi connectivity index (χ0n) is 11.8. The Balaban J connectivity index is 1.63. The van der Waals surface area contributed by atoms with Gasteiger partial charge in [0.05, 0.1) is 5.69 Å². The van der Waals surface area contributed by atoms with E-state index in [-0.39, 0.29) is 37.1 Å². The molecule has 1 aromatic rings. The predicted molar refractivity (Wildman–Crippen MR) is 77.9 cm³/mol. The van der Waals surface area contributed by atoms with E-state index in [1.807, 2.05) is 0 Å². The van der Waals surface area contributed by atoms with E-state index in [1.54, 1.807) is 0 Å². The number of carbonyl (C=O) groups is 3. The molecule has 3 amide bonds. The first kappa shape index (κ1) is 14.2. The maximum absolute atomic E-state index is 11.9. The summed E-state index contributed by atoms with van der Waals surface area (Å²) in [6.45, 7) is 2.00. The Bertz CT molecular complexity index is 595. The molecule has 0 spiro atoms. The third kappa shape index (κ3) is 2.97. The van der Waals surface area contributed by atoms with Crippen molar-refractivity contribution in [1.29, 1.82) is 0 Å². The normalized spacial score (nSPS) is 21.6. The van der Waals surface area contributed by atoms with Gasteiger partial charge in [0, 0.05) is 17.7 Å². The van der Waals surface area contributed by atoms with Gasteiger partial charge >= 0.3 is 0 Å². The number of imide groups is 1. The van der Waals surface area contributed by atoms with Gasteiger partial charge in [-0.25, -0.2) is 4.98 Å². The first-order valence-corrected chi connectivity index (χ1v) is 7.96. The van der Waals surface area contributed by atoms with Crippen molar-refractivity contribution in [2.24, 2.45) is 5.92 Å². The topological polar surface area (TPSA) is 79.4 Å². The van der Waals surface area contributed by atoms with Crippen molar-refractivity contribution < 1.29 is 14.4 Å². The number of nitrogens with zero attached hydrogens (tertiary/aromatic N) is 2. The lowest BCUT2D eigenvalue weighted by molar-refractivity contribution is -0.141. The van der Waals surface area contributed by atoms with Crippen LogP contribution in [0.25, 0.3) is 0 Å². The third-order valence-electron chi connectivity index (χ3n) is 3.89. The number of likely N-dealkylation sites (tertiary alicyclic amines) is 1. The van der Waals surface area contributed by atoms with E-state index in [0.29, 0.717) is 11.0 Å². The molecule has 0 radical (unpaired) electrons. The summed E-state index contributed by atoms with van der Waals surface area (Å²) < 4.78 is 0. The van der Waals surface area contributed by atoms with Gasteiger partial charge < -0.3 is 5.32 Å². The van der Waals surface area contributed by atoms with Crippen molar-refractivity contribution in [3.8, 4) is 0 Å². The average molecular weight is 307 g/mol. The van der Waals surface area contributed by atoms with E-state index in [2.05, 4.69) is 17.2 Å². The highest BCUT2D eigenvalue weighted by Gasteiger charge is 2.30. The maximum atomic E-state index is 11.9. The van der Waals surface area contributed by atoms with Gasteiger partial charge in [0.2, 0.25) is 17.7 Å². The van der Waals surface area contributed by atoms with Crippen LogP contribution in [-0.4, -0.2) is 34.2 Å². The molecule has 2 heterocycles. The zero-order chi connectivity index (χ0) is 15.0. The molecule has 0 aromatic carbocycles. The molecule has 6 nitrogen and oxygen atoms in total. The van der Waals surface area contributed by atoms with E-state index in [1.165, 1.54) is 16.2 Å². The van der Waals surface area contributed by atoms with E-state index in [4.69, 9.17) is 0 Å². The van der Waals surface area contributed by atoms with Crippen LogP contribution < -0.4 is 5.32 Å². The van der Waals surface area contributed by atoms with Crippen LogP contribution in [0.4, 0.5) is 5.13 Å². The highest BCUT2D eigenvalue weighted by Crippen LogP contribution is 2.32. The van der Waals surface area contributed by atoms with E-state index < -0.39 is 0 Å². The molecule has 1 aliphatic carbocycles. The Morgan fingerprint density at radius 1 is 1.33 bits per heavy atom. The Kier molecular flexibility index (Phi) is 3.75. The number of hydrogen-bond acceptors (Lipinski definition) is 5. The molecule has 1 saturated heterocycles. The molecule has 1 fully saturated rings. The van der Waals surface area contributed by atoms with E-state index >= 15 is 0 Å². The Hall–Kier alpha value is -1.76. The SMILES string of the molecule is C[C@@H]1CCc2nc(NC(=O)CN3C(=O)CCC3=O)sc2C1. The van der Waals surface area contributed by atoms with Crippen LogP contribution in [0, 0.1) is 5.92 Å². The van der Waals surface area contributed by atoms with Gasteiger partial charge in [0.1, 0.15) is 6.54 Å². The quantitative estimate of drug-likeness (QED) is 0.855. The second-order valence-corrected chi connectivity index (χ2v) is 6.74. The summed E-state index contributed by atoms with van der Waals surface area (Å²) in [7, 11) is 0. The predicted octanol–water partition coefficient (Wildman–Crippen LogP) is 1.36. The van der Waals surface area contributed by atoms with Crippen molar-refractivity contribution in [3.05, 3.63) is 10.6 Å². The van der Waals surface area contributed by atoms with Gasteiger partial charge in [0.15, 0.2) is 5.13 Å². The minimum absolute atomic E-state index is 0.204. The minimum atomic E-state index is -0.363.